The monoisotopic (exact) mass is 476 g/mol. The van der Waals surface area contributed by atoms with E-state index in [4.69, 9.17) is 9.72 Å². The molecule has 1 fully saturated rings. The molecule has 0 atom stereocenters. The topological polar surface area (TPSA) is 108 Å². The van der Waals surface area contributed by atoms with Gasteiger partial charge in [0.2, 0.25) is 0 Å². The van der Waals surface area contributed by atoms with Crippen LogP contribution in [0.3, 0.4) is 0 Å². The van der Waals surface area contributed by atoms with Gasteiger partial charge in [-0.25, -0.2) is 4.98 Å². The van der Waals surface area contributed by atoms with Crippen LogP contribution in [0.25, 0.3) is 11.1 Å². The van der Waals surface area contributed by atoms with Gasteiger partial charge in [0.15, 0.2) is 0 Å². The highest BCUT2D eigenvalue weighted by molar-refractivity contribution is 6.04. The van der Waals surface area contributed by atoms with E-state index in [9.17, 15) is 15.0 Å². The Bertz CT molecular complexity index is 1130. The van der Waals surface area contributed by atoms with Gasteiger partial charge in [-0.05, 0) is 72.9 Å². The van der Waals surface area contributed by atoms with Crippen molar-refractivity contribution in [1.82, 2.24) is 9.97 Å². The maximum Gasteiger partial charge on any atom is 0.255 e. The second-order valence-electron chi connectivity index (χ2n) is 8.68. The van der Waals surface area contributed by atoms with Crippen molar-refractivity contribution in [3.63, 3.8) is 0 Å². The fourth-order valence-electron chi connectivity index (χ4n) is 4.36. The summed E-state index contributed by atoms with van der Waals surface area (Å²) in [7, 11) is 0. The molecule has 1 saturated heterocycles. The van der Waals surface area contributed by atoms with E-state index in [0.717, 1.165) is 41.0 Å². The third kappa shape index (κ3) is 6.22. The van der Waals surface area contributed by atoms with Crippen molar-refractivity contribution < 1.29 is 19.7 Å². The smallest absolute Gasteiger partial charge is 0.255 e. The maximum absolute atomic E-state index is 12.7. The zero-order valence-corrected chi connectivity index (χ0v) is 20.0. The lowest BCUT2D eigenvalue weighted by Crippen LogP contribution is -2.31. The number of amides is 1. The van der Waals surface area contributed by atoms with Gasteiger partial charge in [-0.3, -0.25) is 9.78 Å². The van der Waals surface area contributed by atoms with Crippen LogP contribution in [-0.4, -0.2) is 65.6 Å². The molecule has 0 saturated carbocycles. The van der Waals surface area contributed by atoms with Crippen molar-refractivity contribution in [1.29, 1.82) is 0 Å². The third-order valence-electron chi connectivity index (χ3n) is 6.28. The Labute approximate surface area is 205 Å². The fraction of sp³-hybridized carbons (Fsp3) is 0.370. The molecule has 0 bridgehead atoms. The van der Waals surface area contributed by atoms with Crippen LogP contribution in [0, 0.1) is 6.92 Å². The molecule has 3 aromatic rings. The van der Waals surface area contributed by atoms with E-state index in [2.05, 4.69) is 16.4 Å². The quantitative estimate of drug-likeness (QED) is 0.434. The molecule has 1 amide bonds. The number of nitrogens with zero attached hydrogens (tertiary/aromatic N) is 3. The van der Waals surface area contributed by atoms with Gasteiger partial charge in [-0.15, -0.1) is 0 Å². The number of hydrogen-bond acceptors (Lipinski definition) is 7. The molecule has 3 heterocycles. The van der Waals surface area contributed by atoms with Gasteiger partial charge in [0.05, 0.1) is 13.2 Å². The molecule has 8 heteroatoms. The first-order valence-electron chi connectivity index (χ1n) is 12.0. The number of nitrogens with one attached hydrogen (secondary N) is 1. The van der Waals surface area contributed by atoms with Crippen LogP contribution in [0.4, 0.5) is 11.5 Å². The average molecular weight is 477 g/mol. The van der Waals surface area contributed by atoms with E-state index in [1.807, 2.05) is 36.1 Å². The molecule has 1 aliphatic rings. The number of aliphatic hydroxyl groups excluding tert-OH is 2. The Kier molecular flexibility index (Phi) is 8.41. The predicted molar refractivity (Wildman–Crippen MR) is 136 cm³/mol. The molecule has 1 aliphatic heterocycles. The lowest BCUT2D eigenvalue weighted by molar-refractivity contribution is 0.0845. The highest BCUT2D eigenvalue weighted by Crippen LogP contribution is 2.34. The van der Waals surface area contributed by atoms with Crippen molar-refractivity contribution >= 4 is 17.4 Å². The van der Waals surface area contributed by atoms with E-state index in [-0.39, 0.29) is 25.0 Å². The molecule has 4 rings (SSSR count). The number of aryl methyl sites for hydroxylation is 1. The number of aliphatic hydroxyl groups is 2. The minimum Gasteiger partial charge on any atom is -0.395 e. The van der Waals surface area contributed by atoms with Crippen molar-refractivity contribution in [3.8, 4) is 11.1 Å². The largest absolute Gasteiger partial charge is 0.395 e. The summed E-state index contributed by atoms with van der Waals surface area (Å²) in [5.41, 5.74) is 5.25. The molecule has 184 valence electrons. The Balaban J connectivity index is 1.72. The summed E-state index contributed by atoms with van der Waals surface area (Å²) in [6, 6.07) is 13.3. The predicted octanol–water partition coefficient (Wildman–Crippen LogP) is 3.39. The minimum absolute atomic E-state index is 0.0337. The minimum atomic E-state index is -0.197. The highest BCUT2D eigenvalue weighted by atomic mass is 16.5. The number of carbonyl (C=O) groups is 1. The molecular formula is C27H32N4O4. The first kappa shape index (κ1) is 24.8. The molecule has 0 radical (unpaired) electrons. The zero-order valence-electron chi connectivity index (χ0n) is 20.0. The molecule has 0 unspecified atom stereocenters. The molecule has 35 heavy (non-hydrogen) atoms. The average Bonchev–Trinajstić information content (AvgIpc) is 2.90. The number of benzene rings is 1. The summed E-state index contributed by atoms with van der Waals surface area (Å²) in [6.07, 6.45) is 4.99. The van der Waals surface area contributed by atoms with Crippen LogP contribution >= 0.6 is 0 Å². The normalized spacial score (nSPS) is 14.0. The Morgan fingerprint density at radius 3 is 2.46 bits per heavy atom. The summed E-state index contributed by atoms with van der Waals surface area (Å²) in [4.78, 5) is 23.5. The number of ether oxygens (including phenoxy) is 1. The van der Waals surface area contributed by atoms with E-state index in [1.54, 1.807) is 24.5 Å². The standard InChI is InChI=1S/C27H32N4O4/c1-19-2-3-23(29-27(34)21-4-8-28-9-5-21)18-24(19)22-16-25(20-6-14-35-15-7-20)30-26(17-22)31(10-12-32)11-13-33/h2-5,8-9,16-18,20,32-33H,6-7,10-15H2,1H3,(H,29,34). The second-order valence-corrected chi connectivity index (χ2v) is 8.68. The maximum atomic E-state index is 12.7. The first-order valence-corrected chi connectivity index (χ1v) is 12.0. The fourth-order valence-corrected chi connectivity index (χ4v) is 4.36. The Morgan fingerprint density at radius 2 is 1.77 bits per heavy atom. The second kappa shape index (κ2) is 11.9. The van der Waals surface area contributed by atoms with Gasteiger partial charge in [0.25, 0.3) is 5.91 Å². The van der Waals surface area contributed by atoms with Crippen LogP contribution < -0.4 is 10.2 Å². The Hall–Kier alpha value is -3.33. The van der Waals surface area contributed by atoms with Gasteiger partial charge in [-0.1, -0.05) is 6.07 Å². The zero-order chi connectivity index (χ0) is 24.6. The summed E-state index contributed by atoms with van der Waals surface area (Å²) >= 11 is 0. The van der Waals surface area contributed by atoms with Crippen LogP contribution in [0.1, 0.15) is 40.4 Å². The highest BCUT2D eigenvalue weighted by Gasteiger charge is 2.21. The van der Waals surface area contributed by atoms with E-state index in [0.29, 0.717) is 37.6 Å². The molecule has 2 aromatic heterocycles. The number of carbonyl (C=O) groups excluding carboxylic acids is 1. The van der Waals surface area contributed by atoms with Crippen molar-refractivity contribution in [2.24, 2.45) is 0 Å². The molecule has 0 aliphatic carbocycles. The van der Waals surface area contributed by atoms with E-state index < -0.39 is 0 Å². The summed E-state index contributed by atoms with van der Waals surface area (Å²) in [6.45, 7) is 4.15. The van der Waals surface area contributed by atoms with Crippen molar-refractivity contribution in [2.75, 3.05) is 49.7 Å². The summed E-state index contributed by atoms with van der Waals surface area (Å²) < 4.78 is 5.55. The van der Waals surface area contributed by atoms with Gasteiger partial charge in [-0.2, -0.15) is 0 Å². The van der Waals surface area contributed by atoms with Crippen molar-refractivity contribution in [3.05, 3.63) is 71.7 Å². The van der Waals surface area contributed by atoms with E-state index in [1.165, 1.54) is 0 Å². The Morgan fingerprint density at radius 1 is 1.06 bits per heavy atom. The van der Waals surface area contributed by atoms with E-state index >= 15 is 0 Å². The third-order valence-corrected chi connectivity index (χ3v) is 6.28. The van der Waals surface area contributed by atoms with Crippen LogP contribution in [0.15, 0.2) is 54.9 Å². The SMILES string of the molecule is Cc1ccc(NC(=O)c2ccncc2)cc1-c1cc(C2CCOCC2)nc(N(CCO)CCO)c1. The van der Waals surface area contributed by atoms with Crippen molar-refractivity contribution in [2.45, 2.75) is 25.7 Å². The number of anilines is 2. The van der Waals surface area contributed by atoms with Gasteiger partial charge in [0, 0.05) is 61.6 Å². The molecule has 8 nitrogen and oxygen atoms in total. The number of hydrogen-bond donors (Lipinski definition) is 3. The van der Waals surface area contributed by atoms with Crippen LogP contribution in [0.2, 0.25) is 0 Å². The lowest BCUT2D eigenvalue weighted by Gasteiger charge is -2.27. The molecule has 0 spiro atoms. The number of rotatable bonds is 9. The molecule has 1 aromatic carbocycles. The first-order chi connectivity index (χ1) is 17.1. The lowest BCUT2D eigenvalue weighted by atomic mass is 9.92. The number of pyridine rings is 2. The van der Waals surface area contributed by atoms with Crippen LogP contribution in [0.5, 0.6) is 0 Å². The van der Waals surface area contributed by atoms with Crippen LogP contribution in [-0.2, 0) is 4.74 Å². The summed E-state index contributed by atoms with van der Waals surface area (Å²) in [5, 5.41) is 22.1. The summed E-state index contributed by atoms with van der Waals surface area (Å²) in [5.74, 6) is 0.803. The molecule has 3 N–H and O–H groups in total. The van der Waals surface area contributed by atoms with Gasteiger partial charge < -0.3 is 25.2 Å². The van der Waals surface area contributed by atoms with Gasteiger partial charge >= 0.3 is 0 Å². The molecular weight excluding hydrogens is 444 g/mol. The number of aromatic nitrogens is 2. The van der Waals surface area contributed by atoms with Gasteiger partial charge in [0.1, 0.15) is 5.82 Å².